The molecule has 0 saturated heterocycles. The molecule has 3 heteroatoms. The van der Waals surface area contributed by atoms with Crippen molar-refractivity contribution in [3.63, 3.8) is 0 Å². The quantitative estimate of drug-likeness (QED) is 0.764. The summed E-state index contributed by atoms with van der Waals surface area (Å²) in [6.45, 7) is 0. The maximum absolute atomic E-state index is 4.29. The Morgan fingerprint density at radius 2 is 2.00 bits per heavy atom. The van der Waals surface area contributed by atoms with Crippen LogP contribution in [-0.2, 0) is 5.33 Å². The van der Waals surface area contributed by atoms with E-state index in [0.29, 0.717) is 0 Å². The van der Waals surface area contributed by atoms with E-state index in [9.17, 15) is 0 Å². The van der Waals surface area contributed by atoms with E-state index in [1.54, 1.807) is 6.20 Å². The van der Waals surface area contributed by atoms with Gasteiger partial charge < -0.3 is 0 Å². The Labute approximate surface area is 91.2 Å². The summed E-state index contributed by atoms with van der Waals surface area (Å²) in [5.74, 6) is 0. The second-order valence-electron chi connectivity index (χ2n) is 2.89. The van der Waals surface area contributed by atoms with Gasteiger partial charge in [0.05, 0.1) is 11.4 Å². The Bertz CT molecular complexity index is 397. The van der Waals surface area contributed by atoms with Gasteiger partial charge in [-0.15, -0.1) is 0 Å². The lowest BCUT2D eigenvalue weighted by molar-refractivity contribution is 1.18. The lowest BCUT2D eigenvalue weighted by atomic mass is 10.2. The van der Waals surface area contributed by atoms with Crippen LogP contribution in [0.2, 0.25) is 0 Å². The zero-order valence-electron chi connectivity index (χ0n) is 7.52. The Hall–Kier alpha value is -1.22. The number of hydrogen-bond donors (Lipinski definition) is 0. The fourth-order valence-electron chi connectivity index (χ4n) is 1.19. The Morgan fingerprint density at radius 3 is 2.57 bits per heavy atom. The maximum atomic E-state index is 4.29. The van der Waals surface area contributed by atoms with Crippen molar-refractivity contribution in [1.29, 1.82) is 0 Å². The first kappa shape index (κ1) is 9.34. The van der Waals surface area contributed by atoms with Crippen molar-refractivity contribution < 1.29 is 0 Å². The molecule has 0 fully saturated rings. The van der Waals surface area contributed by atoms with Crippen LogP contribution in [0.5, 0.6) is 0 Å². The first-order valence-electron chi connectivity index (χ1n) is 4.32. The highest BCUT2D eigenvalue weighted by molar-refractivity contribution is 9.08. The van der Waals surface area contributed by atoms with E-state index < -0.39 is 0 Å². The Morgan fingerprint density at radius 1 is 1.07 bits per heavy atom. The normalized spacial score (nSPS) is 10.1. The molecule has 14 heavy (non-hydrogen) atoms. The van der Waals surface area contributed by atoms with Crippen LogP contribution >= 0.6 is 15.9 Å². The van der Waals surface area contributed by atoms with E-state index in [1.165, 1.54) is 0 Å². The number of rotatable bonds is 2. The highest BCUT2D eigenvalue weighted by Crippen LogP contribution is 2.15. The third kappa shape index (κ3) is 1.99. The zero-order valence-corrected chi connectivity index (χ0v) is 9.11. The number of hydrogen-bond acceptors (Lipinski definition) is 2. The van der Waals surface area contributed by atoms with Crippen molar-refractivity contribution in [3.8, 4) is 11.3 Å². The van der Waals surface area contributed by atoms with Crippen LogP contribution in [0.1, 0.15) is 5.69 Å². The second-order valence-corrected chi connectivity index (χ2v) is 3.45. The zero-order chi connectivity index (χ0) is 9.80. The maximum Gasteiger partial charge on any atom is 0.0717 e. The lowest BCUT2D eigenvalue weighted by Crippen LogP contribution is -1.86. The van der Waals surface area contributed by atoms with E-state index in [2.05, 4.69) is 25.9 Å². The van der Waals surface area contributed by atoms with E-state index in [-0.39, 0.29) is 0 Å². The molecule has 2 heterocycles. The minimum absolute atomic E-state index is 0.787. The molecule has 0 radical (unpaired) electrons. The first-order valence-corrected chi connectivity index (χ1v) is 5.44. The molecule has 0 aliphatic rings. The summed E-state index contributed by atoms with van der Waals surface area (Å²) in [6.07, 6.45) is 3.63. The molecule has 0 amide bonds. The summed E-state index contributed by atoms with van der Waals surface area (Å²) < 4.78 is 0. The molecule has 0 saturated carbocycles. The standard InChI is InChI=1S/C11H9BrN2/c12-7-10-5-4-9(8-14-10)11-3-1-2-6-13-11/h1-6,8H,7H2. The molecule has 0 aliphatic heterocycles. The molecule has 0 aliphatic carbocycles. The summed E-state index contributed by atoms with van der Waals surface area (Å²) in [6, 6.07) is 9.89. The van der Waals surface area contributed by atoms with Crippen molar-refractivity contribution in [2.24, 2.45) is 0 Å². The molecular formula is C11H9BrN2. The van der Waals surface area contributed by atoms with Crippen molar-refractivity contribution in [2.45, 2.75) is 5.33 Å². The molecule has 0 unspecified atom stereocenters. The SMILES string of the molecule is BrCc1ccc(-c2ccccn2)cn1. The first-order chi connectivity index (χ1) is 6.90. The molecular weight excluding hydrogens is 240 g/mol. The monoisotopic (exact) mass is 248 g/mol. The third-order valence-corrected chi connectivity index (χ3v) is 2.50. The van der Waals surface area contributed by atoms with Crippen LogP contribution in [0.4, 0.5) is 0 Å². The number of aromatic nitrogens is 2. The average Bonchev–Trinajstić information content (AvgIpc) is 2.30. The molecule has 2 aromatic heterocycles. The van der Waals surface area contributed by atoms with Gasteiger partial charge in [-0.05, 0) is 24.3 Å². The smallest absolute Gasteiger partial charge is 0.0717 e. The summed E-state index contributed by atoms with van der Waals surface area (Å²) >= 11 is 3.36. The number of alkyl halides is 1. The Kier molecular flexibility index (Phi) is 2.89. The minimum Gasteiger partial charge on any atom is -0.260 e. The number of halogens is 1. The van der Waals surface area contributed by atoms with Gasteiger partial charge in [-0.2, -0.15) is 0 Å². The van der Waals surface area contributed by atoms with Gasteiger partial charge in [0, 0.05) is 23.3 Å². The molecule has 2 rings (SSSR count). The van der Waals surface area contributed by atoms with Crippen LogP contribution < -0.4 is 0 Å². The van der Waals surface area contributed by atoms with Crippen molar-refractivity contribution in [3.05, 3.63) is 48.4 Å². The average molecular weight is 249 g/mol. The topological polar surface area (TPSA) is 25.8 Å². The summed E-state index contributed by atoms with van der Waals surface area (Å²) in [7, 11) is 0. The molecule has 0 atom stereocenters. The van der Waals surface area contributed by atoms with Gasteiger partial charge in [0.15, 0.2) is 0 Å². The van der Waals surface area contributed by atoms with E-state index >= 15 is 0 Å². The predicted molar refractivity (Wildman–Crippen MR) is 60.1 cm³/mol. The Balaban J connectivity index is 2.34. The minimum atomic E-state index is 0.787. The van der Waals surface area contributed by atoms with Crippen LogP contribution in [-0.4, -0.2) is 9.97 Å². The molecule has 2 aromatic rings. The summed E-state index contributed by atoms with van der Waals surface area (Å²) in [4.78, 5) is 8.54. The van der Waals surface area contributed by atoms with E-state index in [1.807, 2.05) is 36.5 Å². The van der Waals surface area contributed by atoms with Crippen molar-refractivity contribution >= 4 is 15.9 Å². The van der Waals surface area contributed by atoms with Gasteiger partial charge in [0.25, 0.3) is 0 Å². The second kappa shape index (κ2) is 4.33. The molecule has 0 bridgehead atoms. The largest absolute Gasteiger partial charge is 0.260 e. The number of nitrogens with zero attached hydrogens (tertiary/aromatic N) is 2. The highest BCUT2D eigenvalue weighted by Gasteiger charge is 1.98. The molecule has 0 spiro atoms. The lowest BCUT2D eigenvalue weighted by Gasteiger charge is -2.00. The number of pyridine rings is 2. The third-order valence-electron chi connectivity index (χ3n) is 1.92. The molecule has 70 valence electrons. The molecule has 0 N–H and O–H groups in total. The summed E-state index contributed by atoms with van der Waals surface area (Å²) in [5, 5.41) is 0.787. The highest BCUT2D eigenvalue weighted by atomic mass is 79.9. The van der Waals surface area contributed by atoms with E-state index in [4.69, 9.17) is 0 Å². The van der Waals surface area contributed by atoms with Gasteiger partial charge in [-0.3, -0.25) is 9.97 Å². The summed E-state index contributed by atoms with van der Waals surface area (Å²) in [5.41, 5.74) is 3.04. The van der Waals surface area contributed by atoms with Crippen LogP contribution in [0.25, 0.3) is 11.3 Å². The molecule has 0 aromatic carbocycles. The fraction of sp³-hybridized carbons (Fsp3) is 0.0909. The van der Waals surface area contributed by atoms with Crippen LogP contribution in [0.15, 0.2) is 42.7 Å². The van der Waals surface area contributed by atoms with E-state index in [0.717, 1.165) is 22.3 Å². The fourth-order valence-corrected chi connectivity index (χ4v) is 1.52. The predicted octanol–water partition coefficient (Wildman–Crippen LogP) is 3.04. The van der Waals surface area contributed by atoms with Gasteiger partial charge in [-0.25, -0.2) is 0 Å². The van der Waals surface area contributed by atoms with Crippen LogP contribution in [0.3, 0.4) is 0 Å². The van der Waals surface area contributed by atoms with Gasteiger partial charge in [0.2, 0.25) is 0 Å². The van der Waals surface area contributed by atoms with Gasteiger partial charge >= 0.3 is 0 Å². The van der Waals surface area contributed by atoms with Gasteiger partial charge in [0.1, 0.15) is 0 Å². The van der Waals surface area contributed by atoms with Crippen LogP contribution in [0, 0.1) is 0 Å². The van der Waals surface area contributed by atoms with Crippen molar-refractivity contribution in [1.82, 2.24) is 9.97 Å². The van der Waals surface area contributed by atoms with Gasteiger partial charge in [-0.1, -0.05) is 22.0 Å². The van der Waals surface area contributed by atoms with Crippen molar-refractivity contribution in [2.75, 3.05) is 0 Å². The molecule has 2 nitrogen and oxygen atoms in total.